The first kappa shape index (κ1) is 15.9. The molecule has 2 amide bonds. The second kappa shape index (κ2) is 5.59. The number of ketones is 1. The van der Waals surface area contributed by atoms with Crippen molar-refractivity contribution in [2.75, 3.05) is 0 Å². The van der Waals surface area contributed by atoms with Crippen molar-refractivity contribution in [1.82, 2.24) is 4.90 Å². The van der Waals surface area contributed by atoms with Gasteiger partial charge in [-0.15, -0.1) is 0 Å². The van der Waals surface area contributed by atoms with E-state index < -0.39 is 34.9 Å². The molecule has 1 aromatic rings. The van der Waals surface area contributed by atoms with Crippen LogP contribution in [0, 0.1) is 0 Å². The Morgan fingerprint density at radius 3 is 2.25 bits per heavy atom. The quantitative estimate of drug-likeness (QED) is 0.615. The molecule has 0 saturated carbocycles. The lowest BCUT2D eigenvalue weighted by Gasteiger charge is -2.25. The zero-order valence-corrected chi connectivity index (χ0v) is 13.2. The fraction of sp³-hybridized carbons (Fsp3) is 0.294. The molecule has 2 aliphatic heterocycles. The van der Waals surface area contributed by atoms with E-state index in [1.54, 1.807) is 30.3 Å². The minimum Gasteiger partial charge on any atom is -0.456 e. The van der Waals surface area contributed by atoms with E-state index in [1.165, 1.54) is 6.92 Å². The number of amides is 2. The van der Waals surface area contributed by atoms with Gasteiger partial charge in [0.05, 0.1) is 0 Å². The summed E-state index contributed by atoms with van der Waals surface area (Å²) in [5.74, 6) is -3.08. The van der Waals surface area contributed by atoms with E-state index in [0.717, 1.165) is 11.8 Å². The number of Topliss-reactive ketones (excluding diaryl/α,β-unsaturated/α-hetero) is 1. The molecule has 2 heterocycles. The Hall–Kier alpha value is -2.96. The number of imide groups is 1. The molecule has 1 saturated heterocycles. The minimum absolute atomic E-state index is 0.0231. The molecule has 0 aromatic heterocycles. The zero-order chi connectivity index (χ0) is 17.5. The Kier molecular flexibility index (Phi) is 3.71. The van der Waals surface area contributed by atoms with Gasteiger partial charge in [0, 0.05) is 25.3 Å². The smallest absolute Gasteiger partial charge is 0.308 e. The van der Waals surface area contributed by atoms with E-state index in [0.29, 0.717) is 5.56 Å². The fourth-order valence-corrected chi connectivity index (χ4v) is 2.73. The Morgan fingerprint density at radius 1 is 1.12 bits per heavy atom. The van der Waals surface area contributed by atoms with Gasteiger partial charge in [0.2, 0.25) is 17.6 Å². The van der Waals surface area contributed by atoms with E-state index >= 15 is 0 Å². The van der Waals surface area contributed by atoms with Crippen molar-refractivity contribution in [1.29, 1.82) is 0 Å². The van der Waals surface area contributed by atoms with Crippen LogP contribution in [-0.2, 0) is 34.3 Å². The number of likely N-dealkylation sites (tertiary alicyclic amines) is 1. The molecule has 0 radical (unpaired) electrons. The number of carbonyl (C=O) groups is 4. The molecule has 1 unspecified atom stereocenters. The standard InChI is InChI=1S/C17H15NO6/c1-10(19)23-14-15(22)17(2,11-6-4-3-5-7-11)24-16(14)18-12(20)8-9-13(18)21/h3-7H,8-9H2,1-2H3. The second-order valence-corrected chi connectivity index (χ2v) is 5.68. The summed E-state index contributed by atoms with van der Waals surface area (Å²) in [7, 11) is 0. The van der Waals surface area contributed by atoms with Crippen LogP contribution in [0.25, 0.3) is 0 Å². The van der Waals surface area contributed by atoms with Gasteiger partial charge in [-0.25, -0.2) is 4.90 Å². The maximum Gasteiger partial charge on any atom is 0.308 e. The lowest BCUT2D eigenvalue weighted by atomic mass is 9.92. The van der Waals surface area contributed by atoms with E-state index in [-0.39, 0.29) is 18.7 Å². The maximum atomic E-state index is 12.8. The van der Waals surface area contributed by atoms with Crippen molar-refractivity contribution in [2.24, 2.45) is 0 Å². The van der Waals surface area contributed by atoms with E-state index in [1.807, 2.05) is 0 Å². The van der Waals surface area contributed by atoms with Crippen LogP contribution in [0.1, 0.15) is 32.3 Å². The van der Waals surface area contributed by atoms with Crippen LogP contribution in [0.5, 0.6) is 0 Å². The first-order valence-corrected chi connectivity index (χ1v) is 7.42. The van der Waals surface area contributed by atoms with Gasteiger partial charge in [0.25, 0.3) is 11.7 Å². The number of nitrogens with zero attached hydrogens (tertiary/aromatic N) is 1. The predicted molar refractivity (Wildman–Crippen MR) is 79.8 cm³/mol. The van der Waals surface area contributed by atoms with Crippen LogP contribution in [-0.4, -0.2) is 28.5 Å². The second-order valence-electron chi connectivity index (χ2n) is 5.68. The summed E-state index contributed by atoms with van der Waals surface area (Å²) in [6.45, 7) is 2.63. The summed E-state index contributed by atoms with van der Waals surface area (Å²) in [6, 6.07) is 8.60. The van der Waals surface area contributed by atoms with Gasteiger partial charge in [-0.2, -0.15) is 0 Å². The molecule has 1 aromatic carbocycles. The molecule has 0 bridgehead atoms. The van der Waals surface area contributed by atoms with Gasteiger partial charge < -0.3 is 9.47 Å². The molecule has 124 valence electrons. The highest BCUT2D eigenvalue weighted by atomic mass is 16.6. The monoisotopic (exact) mass is 329 g/mol. The Labute approximate surface area is 137 Å². The van der Waals surface area contributed by atoms with Crippen LogP contribution in [0.4, 0.5) is 0 Å². The molecule has 0 N–H and O–H groups in total. The van der Waals surface area contributed by atoms with E-state index in [9.17, 15) is 19.2 Å². The van der Waals surface area contributed by atoms with Crippen molar-refractivity contribution in [2.45, 2.75) is 32.3 Å². The molecule has 1 fully saturated rings. The summed E-state index contributed by atoms with van der Waals surface area (Å²) in [5.41, 5.74) is -0.960. The SMILES string of the molecule is CC(=O)OC1=C(N2C(=O)CCC2=O)OC(C)(c2ccccc2)C1=O. The molecule has 0 spiro atoms. The summed E-state index contributed by atoms with van der Waals surface area (Å²) < 4.78 is 10.7. The van der Waals surface area contributed by atoms with Crippen LogP contribution in [0.3, 0.4) is 0 Å². The highest BCUT2D eigenvalue weighted by Gasteiger charge is 2.53. The largest absolute Gasteiger partial charge is 0.456 e. The summed E-state index contributed by atoms with van der Waals surface area (Å²) in [6.07, 6.45) is 0.0462. The summed E-state index contributed by atoms with van der Waals surface area (Å²) in [5, 5.41) is 0. The summed E-state index contributed by atoms with van der Waals surface area (Å²) in [4.78, 5) is 49.0. The fourth-order valence-electron chi connectivity index (χ4n) is 2.73. The molecule has 0 aliphatic carbocycles. The van der Waals surface area contributed by atoms with Crippen molar-refractivity contribution < 1.29 is 28.7 Å². The highest BCUT2D eigenvalue weighted by Crippen LogP contribution is 2.41. The van der Waals surface area contributed by atoms with Crippen molar-refractivity contribution in [3.05, 3.63) is 47.5 Å². The van der Waals surface area contributed by atoms with Crippen LogP contribution in [0.2, 0.25) is 0 Å². The third-order valence-electron chi connectivity index (χ3n) is 3.96. The highest BCUT2D eigenvalue weighted by molar-refractivity contribution is 6.08. The summed E-state index contributed by atoms with van der Waals surface area (Å²) >= 11 is 0. The van der Waals surface area contributed by atoms with Gasteiger partial charge >= 0.3 is 5.97 Å². The first-order chi connectivity index (χ1) is 11.3. The Morgan fingerprint density at radius 2 is 1.71 bits per heavy atom. The third kappa shape index (κ3) is 2.38. The molecule has 2 aliphatic rings. The minimum atomic E-state index is -1.48. The van der Waals surface area contributed by atoms with E-state index in [2.05, 4.69) is 0 Å². The average Bonchev–Trinajstić information content (AvgIpc) is 3.00. The molecule has 3 rings (SSSR count). The lowest BCUT2D eigenvalue weighted by molar-refractivity contribution is -0.144. The third-order valence-corrected chi connectivity index (χ3v) is 3.96. The van der Waals surface area contributed by atoms with Crippen LogP contribution >= 0.6 is 0 Å². The molecule has 24 heavy (non-hydrogen) atoms. The lowest BCUT2D eigenvalue weighted by Crippen LogP contribution is -2.33. The van der Waals surface area contributed by atoms with Crippen molar-refractivity contribution in [3.8, 4) is 0 Å². The normalized spacial score (nSPS) is 23.8. The van der Waals surface area contributed by atoms with Gasteiger partial charge in [-0.3, -0.25) is 19.2 Å². The number of ether oxygens (including phenoxy) is 2. The van der Waals surface area contributed by atoms with Crippen molar-refractivity contribution >= 4 is 23.6 Å². The number of hydrogen-bond acceptors (Lipinski definition) is 6. The Balaban J connectivity index is 2.08. The number of esters is 1. The Bertz CT molecular complexity index is 766. The first-order valence-electron chi connectivity index (χ1n) is 7.42. The number of rotatable bonds is 3. The number of benzene rings is 1. The molecule has 1 atom stereocenters. The number of carbonyl (C=O) groups excluding carboxylic acids is 4. The van der Waals surface area contributed by atoms with Crippen LogP contribution < -0.4 is 0 Å². The number of hydrogen-bond donors (Lipinski definition) is 0. The van der Waals surface area contributed by atoms with Gasteiger partial charge in [0.15, 0.2) is 5.60 Å². The molecule has 7 nitrogen and oxygen atoms in total. The molecular weight excluding hydrogens is 314 g/mol. The predicted octanol–water partition coefficient (Wildman–Crippen LogP) is 1.38. The maximum absolute atomic E-state index is 12.8. The van der Waals surface area contributed by atoms with Crippen molar-refractivity contribution in [3.63, 3.8) is 0 Å². The van der Waals surface area contributed by atoms with Gasteiger partial charge in [0.1, 0.15) is 0 Å². The molecular formula is C17H15NO6. The zero-order valence-electron chi connectivity index (χ0n) is 13.2. The topological polar surface area (TPSA) is 90.0 Å². The van der Waals surface area contributed by atoms with Crippen LogP contribution in [0.15, 0.2) is 42.0 Å². The molecule has 7 heteroatoms. The van der Waals surface area contributed by atoms with Gasteiger partial charge in [-0.05, 0) is 6.92 Å². The average molecular weight is 329 g/mol. The van der Waals surface area contributed by atoms with Gasteiger partial charge in [-0.1, -0.05) is 30.3 Å². The van der Waals surface area contributed by atoms with E-state index in [4.69, 9.17) is 9.47 Å².